The lowest BCUT2D eigenvalue weighted by Gasteiger charge is -2.02. The highest BCUT2D eigenvalue weighted by Gasteiger charge is 1.94. The molecule has 0 nitrogen and oxygen atoms in total. The molecule has 0 saturated carbocycles. The Morgan fingerprint density at radius 3 is 2.36 bits per heavy atom. The summed E-state index contributed by atoms with van der Waals surface area (Å²) in [4.78, 5) is 0. The quantitative estimate of drug-likeness (QED) is 0.403. The first kappa shape index (κ1) is 11.2. The molecule has 0 fully saturated rings. The Hall–Kier alpha value is 0.217. The van der Waals surface area contributed by atoms with Gasteiger partial charge in [-0.05, 0) is 5.92 Å². The fourth-order valence-electron chi connectivity index (χ4n) is 1.07. The average Bonchev–Trinajstić information content (AvgIpc) is 1.96. The van der Waals surface area contributed by atoms with Crippen molar-refractivity contribution in [2.24, 2.45) is 5.92 Å². The Morgan fingerprint density at radius 1 is 1.09 bits per heavy atom. The van der Waals surface area contributed by atoms with Crippen LogP contribution in [-0.2, 0) is 0 Å². The molecule has 0 rings (SSSR count). The van der Waals surface area contributed by atoms with Crippen LogP contribution in [0.1, 0.15) is 46.5 Å². The minimum atomic E-state index is 0.916. The van der Waals surface area contributed by atoms with Gasteiger partial charge in [-0.1, -0.05) is 58.5 Å². The average molecular weight is 170 g/mol. The fraction of sp³-hybridized carbons (Fsp3) is 1.00. The molecule has 0 amide bonds. The summed E-state index contributed by atoms with van der Waals surface area (Å²) in [6.45, 7) is 6.91. The Labute approximate surface area is 74.6 Å². The van der Waals surface area contributed by atoms with E-state index in [1.165, 1.54) is 47.3 Å². The number of hydrogen-bond donors (Lipinski definition) is 0. The van der Waals surface area contributed by atoms with Crippen molar-refractivity contribution >= 4 is 9.52 Å². The molecule has 0 aromatic carbocycles. The second-order valence-corrected chi connectivity index (χ2v) is 5.07. The molecule has 0 heterocycles. The van der Waals surface area contributed by atoms with Crippen LogP contribution in [0.2, 0.25) is 12.1 Å². The highest BCUT2D eigenvalue weighted by molar-refractivity contribution is 6.35. The predicted molar refractivity (Wildman–Crippen MR) is 54.3 cm³/mol. The molecule has 0 N–H and O–H groups in total. The zero-order valence-corrected chi connectivity index (χ0v) is 9.32. The van der Waals surface area contributed by atoms with E-state index >= 15 is 0 Å². The molecule has 0 atom stereocenters. The number of hydrogen-bond acceptors (Lipinski definition) is 0. The van der Waals surface area contributed by atoms with Crippen molar-refractivity contribution in [2.45, 2.75) is 58.5 Å². The third kappa shape index (κ3) is 10.2. The van der Waals surface area contributed by atoms with Crippen LogP contribution in [0.25, 0.3) is 0 Å². The summed E-state index contributed by atoms with van der Waals surface area (Å²) < 4.78 is 0. The second-order valence-electron chi connectivity index (χ2n) is 3.66. The summed E-state index contributed by atoms with van der Waals surface area (Å²) in [6, 6.07) is 2.93. The van der Waals surface area contributed by atoms with Crippen LogP contribution in [0.3, 0.4) is 0 Å². The van der Waals surface area contributed by atoms with Crippen molar-refractivity contribution in [3.05, 3.63) is 0 Å². The molecule has 0 aliphatic carbocycles. The summed E-state index contributed by atoms with van der Waals surface area (Å²) in [5, 5.41) is 0. The van der Waals surface area contributed by atoms with E-state index in [-0.39, 0.29) is 0 Å². The van der Waals surface area contributed by atoms with E-state index in [2.05, 4.69) is 20.8 Å². The highest BCUT2D eigenvalue weighted by Crippen LogP contribution is 2.06. The maximum atomic E-state index is 2.32. The molecular weight excluding hydrogens is 148 g/mol. The summed E-state index contributed by atoms with van der Waals surface area (Å²) in [5.41, 5.74) is 0. The van der Waals surface area contributed by atoms with Crippen LogP contribution >= 0.6 is 0 Å². The van der Waals surface area contributed by atoms with E-state index in [0.717, 1.165) is 5.92 Å². The van der Waals surface area contributed by atoms with Crippen molar-refractivity contribution in [2.75, 3.05) is 0 Å². The fourth-order valence-corrected chi connectivity index (χ4v) is 2.35. The third-order valence-corrected chi connectivity index (χ3v) is 3.57. The molecule has 0 aliphatic heterocycles. The van der Waals surface area contributed by atoms with Crippen molar-refractivity contribution in [3.8, 4) is 0 Å². The van der Waals surface area contributed by atoms with Crippen molar-refractivity contribution in [3.63, 3.8) is 0 Å². The van der Waals surface area contributed by atoms with Gasteiger partial charge in [0.15, 0.2) is 0 Å². The molecule has 0 aromatic rings. The first-order valence-corrected chi connectivity index (χ1v) is 6.39. The maximum absolute atomic E-state index is 2.32. The van der Waals surface area contributed by atoms with Gasteiger partial charge in [0, 0.05) is 9.52 Å². The van der Waals surface area contributed by atoms with Gasteiger partial charge in [-0.2, -0.15) is 0 Å². The van der Waals surface area contributed by atoms with E-state index in [4.69, 9.17) is 0 Å². The van der Waals surface area contributed by atoms with Crippen LogP contribution in [0.15, 0.2) is 0 Å². The van der Waals surface area contributed by atoms with E-state index in [0.29, 0.717) is 0 Å². The van der Waals surface area contributed by atoms with Gasteiger partial charge in [0.05, 0.1) is 0 Å². The predicted octanol–water partition coefficient (Wildman–Crippen LogP) is 3.76. The van der Waals surface area contributed by atoms with E-state index < -0.39 is 0 Å². The molecule has 66 valence electrons. The Kier molecular flexibility index (Phi) is 8.48. The van der Waals surface area contributed by atoms with Crippen molar-refractivity contribution in [1.82, 2.24) is 0 Å². The first-order valence-electron chi connectivity index (χ1n) is 4.98. The van der Waals surface area contributed by atoms with Crippen molar-refractivity contribution in [1.29, 1.82) is 0 Å². The highest BCUT2D eigenvalue weighted by atomic mass is 28.2. The van der Waals surface area contributed by atoms with Crippen molar-refractivity contribution < 1.29 is 0 Å². The van der Waals surface area contributed by atoms with Gasteiger partial charge >= 0.3 is 0 Å². The van der Waals surface area contributed by atoms with E-state index in [9.17, 15) is 0 Å². The topological polar surface area (TPSA) is 0 Å². The summed E-state index contributed by atoms with van der Waals surface area (Å²) >= 11 is 0. The maximum Gasteiger partial charge on any atom is 0.0380 e. The Bertz CT molecular complexity index is 69.3. The molecule has 2 radical (unpaired) electrons. The monoisotopic (exact) mass is 170 g/mol. The molecule has 0 spiro atoms. The van der Waals surface area contributed by atoms with Gasteiger partial charge in [-0.25, -0.2) is 0 Å². The van der Waals surface area contributed by atoms with E-state index in [1.54, 1.807) is 0 Å². The number of rotatable bonds is 7. The van der Waals surface area contributed by atoms with Crippen LogP contribution in [0.5, 0.6) is 0 Å². The lowest BCUT2D eigenvalue weighted by molar-refractivity contribution is 0.692. The molecule has 0 aromatic heterocycles. The largest absolute Gasteiger partial charge is 0.0654 e. The molecule has 0 aliphatic rings. The zero-order valence-electron chi connectivity index (χ0n) is 8.32. The normalized spacial score (nSPS) is 10.9. The van der Waals surface area contributed by atoms with Gasteiger partial charge in [0.2, 0.25) is 0 Å². The lowest BCUT2D eigenvalue weighted by Crippen LogP contribution is -1.95. The minimum absolute atomic E-state index is 0.916. The Morgan fingerprint density at radius 2 is 1.82 bits per heavy atom. The van der Waals surface area contributed by atoms with Gasteiger partial charge in [0.1, 0.15) is 0 Å². The standard InChI is InChI=1S/C10H22Si/c1-4-5-6-7-8-11-9-10(2)3/h10H,4-9H2,1-3H3. The van der Waals surface area contributed by atoms with E-state index in [1.807, 2.05) is 0 Å². The molecule has 0 unspecified atom stereocenters. The number of unbranched alkanes of at least 4 members (excludes halogenated alkanes) is 3. The molecule has 0 saturated heterocycles. The first-order chi connectivity index (χ1) is 5.27. The van der Waals surface area contributed by atoms with Gasteiger partial charge in [-0.3, -0.25) is 0 Å². The summed E-state index contributed by atoms with van der Waals surface area (Å²) in [6.07, 6.45) is 5.74. The molecule has 11 heavy (non-hydrogen) atoms. The summed E-state index contributed by atoms with van der Waals surface area (Å²) in [5.74, 6) is 0.916. The zero-order chi connectivity index (χ0) is 8.53. The van der Waals surface area contributed by atoms with Gasteiger partial charge in [0.25, 0.3) is 0 Å². The smallest absolute Gasteiger partial charge is 0.0380 e. The summed E-state index contributed by atoms with van der Waals surface area (Å²) in [7, 11) is 1.22. The van der Waals surface area contributed by atoms with Gasteiger partial charge < -0.3 is 0 Å². The molecular formula is C10H22Si. The second kappa shape index (κ2) is 8.31. The third-order valence-electron chi connectivity index (χ3n) is 1.76. The SMILES string of the molecule is CCCCCC[Si]CC(C)C. The van der Waals surface area contributed by atoms with Gasteiger partial charge in [-0.15, -0.1) is 0 Å². The van der Waals surface area contributed by atoms with Crippen LogP contribution in [0, 0.1) is 5.92 Å². The minimum Gasteiger partial charge on any atom is -0.0654 e. The van der Waals surface area contributed by atoms with Crippen LogP contribution in [0.4, 0.5) is 0 Å². The molecule has 0 bridgehead atoms. The van der Waals surface area contributed by atoms with Crippen LogP contribution in [-0.4, -0.2) is 9.52 Å². The molecule has 1 heteroatoms. The van der Waals surface area contributed by atoms with Crippen LogP contribution < -0.4 is 0 Å². The lowest BCUT2D eigenvalue weighted by atomic mass is 10.2. The Balaban J connectivity index is 2.80.